The fourth-order valence-corrected chi connectivity index (χ4v) is 1.17. The third-order valence-corrected chi connectivity index (χ3v) is 2.08. The molecule has 0 aromatic heterocycles. The van der Waals surface area contributed by atoms with Crippen LogP contribution in [0.25, 0.3) is 0 Å². The summed E-state index contributed by atoms with van der Waals surface area (Å²) in [6.45, 7) is 3.63. The first-order chi connectivity index (χ1) is 6.63. The normalized spacial score (nSPS) is 14.9. The van der Waals surface area contributed by atoms with Gasteiger partial charge in [-0.3, -0.25) is 0 Å². The molecule has 0 saturated heterocycles. The Hall–Kier alpha value is -1.09. The Labute approximate surface area is 83.3 Å². The molecule has 78 valence electrons. The van der Waals surface area contributed by atoms with E-state index in [4.69, 9.17) is 4.74 Å². The second-order valence-electron chi connectivity index (χ2n) is 3.26. The summed E-state index contributed by atoms with van der Waals surface area (Å²) >= 11 is 0. The average molecular weight is 198 g/mol. The predicted molar refractivity (Wildman–Crippen MR) is 52.8 cm³/mol. The summed E-state index contributed by atoms with van der Waals surface area (Å²) in [7, 11) is 0. The van der Waals surface area contributed by atoms with Gasteiger partial charge in [-0.15, -0.1) is 0 Å². The molecule has 1 N–H and O–H groups in total. The monoisotopic (exact) mass is 198 g/mol. The highest BCUT2D eigenvalue weighted by molar-refractivity contribution is 5.22. The van der Waals surface area contributed by atoms with E-state index in [1.165, 1.54) is 12.1 Å². The fourth-order valence-electron chi connectivity index (χ4n) is 1.17. The third kappa shape index (κ3) is 3.00. The summed E-state index contributed by atoms with van der Waals surface area (Å²) in [5.41, 5.74) is 0. The van der Waals surface area contributed by atoms with Gasteiger partial charge in [-0.25, -0.2) is 4.39 Å². The van der Waals surface area contributed by atoms with Crippen LogP contribution < -0.4 is 4.74 Å². The molecule has 2 unspecified atom stereocenters. The smallest absolute Gasteiger partial charge is 0.126 e. The van der Waals surface area contributed by atoms with Gasteiger partial charge in [0.05, 0.1) is 6.10 Å². The zero-order chi connectivity index (χ0) is 10.6. The largest absolute Gasteiger partial charge is 0.488 e. The maximum absolute atomic E-state index is 12.8. The predicted octanol–water partition coefficient (Wildman–Crippen LogP) is 2.36. The molecule has 0 radical (unpaired) electrons. The van der Waals surface area contributed by atoms with Crippen molar-refractivity contribution in [2.24, 2.45) is 0 Å². The van der Waals surface area contributed by atoms with E-state index in [0.717, 1.165) is 0 Å². The number of ether oxygens (including phenoxy) is 1. The lowest BCUT2D eigenvalue weighted by Crippen LogP contribution is -2.27. The van der Waals surface area contributed by atoms with E-state index in [9.17, 15) is 9.50 Å². The summed E-state index contributed by atoms with van der Waals surface area (Å²) in [6, 6.07) is 5.91. The van der Waals surface area contributed by atoms with Crippen LogP contribution in [0, 0.1) is 5.82 Å². The van der Waals surface area contributed by atoms with Crippen LogP contribution in [-0.2, 0) is 0 Å². The minimum Gasteiger partial charge on any atom is -0.488 e. The van der Waals surface area contributed by atoms with Gasteiger partial charge in [-0.2, -0.15) is 0 Å². The highest BCUT2D eigenvalue weighted by atomic mass is 19.1. The Balaban J connectivity index is 2.60. The Bertz CT molecular complexity index is 288. The summed E-state index contributed by atoms with van der Waals surface area (Å²) in [5, 5.41) is 9.44. The van der Waals surface area contributed by atoms with Crippen molar-refractivity contribution < 1.29 is 14.2 Å². The molecule has 0 saturated carbocycles. The summed E-state index contributed by atoms with van der Waals surface area (Å²) in [5.74, 6) is 0.116. The minimum absolute atomic E-state index is 0.318. The van der Waals surface area contributed by atoms with Crippen molar-refractivity contribution in [3.8, 4) is 5.75 Å². The lowest BCUT2D eigenvalue weighted by atomic mass is 10.2. The van der Waals surface area contributed by atoms with Crippen molar-refractivity contribution in [2.45, 2.75) is 32.5 Å². The van der Waals surface area contributed by atoms with Crippen molar-refractivity contribution in [3.63, 3.8) is 0 Å². The van der Waals surface area contributed by atoms with E-state index in [0.29, 0.717) is 12.2 Å². The Kier molecular flexibility index (Phi) is 3.89. The van der Waals surface area contributed by atoms with Crippen LogP contribution in [-0.4, -0.2) is 17.3 Å². The van der Waals surface area contributed by atoms with E-state index in [1.54, 1.807) is 19.1 Å². The summed E-state index contributed by atoms with van der Waals surface area (Å²) < 4.78 is 18.1. The molecule has 0 spiro atoms. The molecule has 1 rings (SSSR count). The molecule has 1 aromatic carbocycles. The SMILES string of the molecule is CCC(O)C(C)Oc1cccc(F)c1. The Morgan fingerprint density at radius 2 is 2.21 bits per heavy atom. The quantitative estimate of drug-likeness (QED) is 0.804. The molecule has 3 heteroatoms. The Morgan fingerprint density at radius 1 is 1.50 bits per heavy atom. The third-order valence-electron chi connectivity index (χ3n) is 2.08. The first-order valence-electron chi connectivity index (χ1n) is 4.73. The van der Waals surface area contributed by atoms with Crippen LogP contribution in [0.4, 0.5) is 4.39 Å². The van der Waals surface area contributed by atoms with Crippen LogP contribution >= 0.6 is 0 Å². The molecule has 0 fully saturated rings. The first kappa shape index (κ1) is 11.0. The van der Waals surface area contributed by atoms with Crippen LogP contribution in [0.5, 0.6) is 5.75 Å². The molecule has 0 aliphatic rings. The molecule has 0 aliphatic carbocycles. The summed E-state index contributed by atoms with van der Waals surface area (Å²) in [6.07, 6.45) is -0.212. The molecule has 0 bridgehead atoms. The van der Waals surface area contributed by atoms with Gasteiger partial charge in [0, 0.05) is 6.07 Å². The zero-order valence-corrected chi connectivity index (χ0v) is 8.40. The molecule has 0 aliphatic heterocycles. The van der Waals surface area contributed by atoms with Crippen molar-refractivity contribution in [1.82, 2.24) is 0 Å². The lowest BCUT2D eigenvalue weighted by Gasteiger charge is -2.19. The molecule has 14 heavy (non-hydrogen) atoms. The first-order valence-corrected chi connectivity index (χ1v) is 4.73. The van der Waals surface area contributed by atoms with E-state index in [1.807, 2.05) is 6.92 Å². The number of aliphatic hydroxyl groups excluding tert-OH is 1. The van der Waals surface area contributed by atoms with Crippen molar-refractivity contribution in [3.05, 3.63) is 30.1 Å². The maximum Gasteiger partial charge on any atom is 0.126 e. The van der Waals surface area contributed by atoms with E-state index in [-0.39, 0.29) is 11.9 Å². The fraction of sp³-hybridized carbons (Fsp3) is 0.455. The van der Waals surface area contributed by atoms with Gasteiger partial charge in [0.25, 0.3) is 0 Å². The second kappa shape index (κ2) is 4.96. The molecule has 0 amide bonds. The number of rotatable bonds is 4. The molecular weight excluding hydrogens is 183 g/mol. The van der Waals surface area contributed by atoms with Crippen molar-refractivity contribution in [2.75, 3.05) is 0 Å². The highest BCUT2D eigenvalue weighted by Crippen LogP contribution is 2.15. The molecule has 2 atom stereocenters. The van der Waals surface area contributed by atoms with Crippen LogP contribution in [0.2, 0.25) is 0 Å². The van der Waals surface area contributed by atoms with Gasteiger partial charge in [-0.05, 0) is 25.5 Å². The number of halogens is 1. The van der Waals surface area contributed by atoms with Gasteiger partial charge >= 0.3 is 0 Å². The van der Waals surface area contributed by atoms with E-state index < -0.39 is 6.10 Å². The highest BCUT2D eigenvalue weighted by Gasteiger charge is 2.13. The number of benzene rings is 1. The van der Waals surface area contributed by atoms with Crippen LogP contribution in [0.15, 0.2) is 24.3 Å². The molecule has 1 aromatic rings. The topological polar surface area (TPSA) is 29.5 Å². The minimum atomic E-state index is -0.515. The Morgan fingerprint density at radius 3 is 2.79 bits per heavy atom. The van der Waals surface area contributed by atoms with Gasteiger partial charge in [0.1, 0.15) is 17.7 Å². The van der Waals surface area contributed by atoms with Gasteiger partial charge < -0.3 is 9.84 Å². The van der Waals surface area contributed by atoms with Crippen molar-refractivity contribution >= 4 is 0 Å². The summed E-state index contributed by atoms with van der Waals surface area (Å²) in [4.78, 5) is 0. The van der Waals surface area contributed by atoms with Crippen LogP contribution in [0.3, 0.4) is 0 Å². The van der Waals surface area contributed by atoms with Crippen molar-refractivity contribution in [1.29, 1.82) is 0 Å². The lowest BCUT2D eigenvalue weighted by molar-refractivity contribution is 0.0449. The van der Waals surface area contributed by atoms with Gasteiger partial charge in [-0.1, -0.05) is 13.0 Å². The van der Waals surface area contributed by atoms with Gasteiger partial charge in [0.15, 0.2) is 0 Å². The maximum atomic E-state index is 12.8. The van der Waals surface area contributed by atoms with E-state index >= 15 is 0 Å². The standard InChI is InChI=1S/C11H15FO2/c1-3-11(13)8(2)14-10-6-4-5-9(12)7-10/h4-8,11,13H,3H2,1-2H3. The van der Waals surface area contributed by atoms with Crippen LogP contribution in [0.1, 0.15) is 20.3 Å². The molecular formula is C11H15FO2. The second-order valence-corrected chi connectivity index (χ2v) is 3.26. The number of hydrogen-bond donors (Lipinski definition) is 1. The molecule has 0 heterocycles. The van der Waals surface area contributed by atoms with E-state index in [2.05, 4.69) is 0 Å². The molecule has 2 nitrogen and oxygen atoms in total. The number of hydrogen-bond acceptors (Lipinski definition) is 2. The average Bonchev–Trinajstić information content (AvgIpc) is 2.16. The zero-order valence-electron chi connectivity index (χ0n) is 8.40. The van der Waals surface area contributed by atoms with Gasteiger partial charge in [0.2, 0.25) is 0 Å². The number of aliphatic hydroxyl groups is 1.